The molecule has 0 aliphatic carbocycles. The third kappa shape index (κ3) is 3.30. The minimum Gasteiger partial charge on any atom is -0.365 e. The van der Waals surface area contributed by atoms with E-state index in [0.717, 1.165) is 13.1 Å². The van der Waals surface area contributed by atoms with Gasteiger partial charge in [-0.15, -0.1) is 0 Å². The van der Waals surface area contributed by atoms with E-state index >= 15 is 0 Å². The fourth-order valence-corrected chi connectivity index (χ4v) is 2.87. The maximum absolute atomic E-state index is 3.60. The molecule has 1 N–H and O–H groups in total. The van der Waals surface area contributed by atoms with E-state index in [1.807, 2.05) is 0 Å². The molecule has 0 aromatic heterocycles. The number of anilines is 1. The zero-order valence-corrected chi connectivity index (χ0v) is 13.0. The molecule has 106 valence electrons. The summed E-state index contributed by atoms with van der Waals surface area (Å²) in [4.78, 5) is 2.58. The number of hydrogen-bond donors (Lipinski definition) is 1. The van der Waals surface area contributed by atoms with Gasteiger partial charge < -0.3 is 10.2 Å². The van der Waals surface area contributed by atoms with Gasteiger partial charge in [-0.2, -0.15) is 0 Å². The van der Waals surface area contributed by atoms with Crippen LogP contribution in [0.25, 0.3) is 0 Å². The summed E-state index contributed by atoms with van der Waals surface area (Å²) in [6.07, 6.45) is 0. The first-order valence-corrected chi connectivity index (χ1v) is 7.59. The molecular formula is C17H28N2. The second-order valence-electron chi connectivity index (χ2n) is 6.52. The zero-order valence-electron chi connectivity index (χ0n) is 13.0. The summed E-state index contributed by atoms with van der Waals surface area (Å²) in [5, 5.41) is 3.60. The molecule has 0 amide bonds. The lowest BCUT2D eigenvalue weighted by molar-refractivity contribution is 0.349. The van der Waals surface area contributed by atoms with Crippen molar-refractivity contribution in [3.8, 4) is 0 Å². The Labute approximate surface area is 118 Å². The van der Waals surface area contributed by atoms with E-state index in [4.69, 9.17) is 0 Å². The summed E-state index contributed by atoms with van der Waals surface area (Å²) in [7, 11) is 0. The quantitative estimate of drug-likeness (QED) is 0.892. The van der Waals surface area contributed by atoms with Crippen LogP contribution in [0.5, 0.6) is 0 Å². The van der Waals surface area contributed by atoms with Crippen LogP contribution in [0, 0.1) is 5.92 Å². The van der Waals surface area contributed by atoms with Crippen LogP contribution in [0.4, 0.5) is 5.69 Å². The molecule has 1 aromatic rings. The van der Waals surface area contributed by atoms with Crippen molar-refractivity contribution < 1.29 is 0 Å². The monoisotopic (exact) mass is 260 g/mol. The van der Waals surface area contributed by atoms with E-state index in [9.17, 15) is 0 Å². The molecule has 1 saturated heterocycles. The van der Waals surface area contributed by atoms with Gasteiger partial charge in [0.15, 0.2) is 0 Å². The fraction of sp³-hybridized carbons (Fsp3) is 0.647. The van der Waals surface area contributed by atoms with E-state index in [-0.39, 0.29) is 0 Å². The largest absolute Gasteiger partial charge is 0.365 e. The Bertz CT molecular complexity index is 394. The highest BCUT2D eigenvalue weighted by Crippen LogP contribution is 2.25. The molecule has 0 bridgehead atoms. The lowest BCUT2D eigenvalue weighted by Gasteiger charge is -2.43. The van der Waals surface area contributed by atoms with Gasteiger partial charge in [0, 0.05) is 30.9 Å². The minimum absolute atomic E-state index is 0.569. The first kappa shape index (κ1) is 14.4. The molecule has 2 atom stereocenters. The van der Waals surface area contributed by atoms with Crippen molar-refractivity contribution in [2.45, 2.75) is 52.6 Å². The molecule has 2 heteroatoms. The maximum Gasteiger partial charge on any atom is 0.0438 e. The summed E-state index contributed by atoms with van der Waals surface area (Å²) < 4.78 is 0. The summed E-state index contributed by atoms with van der Waals surface area (Å²) in [5.74, 6) is 1.28. The predicted molar refractivity (Wildman–Crippen MR) is 84.0 cm³/mol. The van der Waals surface area contributed by atoms with E-state index in [1.165, 1.54) is 11.3 Å². The lowest BCUT2D eigenvalue weighted by atomic mass is 9.97. The molecule has 19 heavy (non-hydrogen) atoms. The predicted octanol–water partition coefficient (Wildman–Crippen LogP) is 3.63. The molecule has 2 rings (SSSR count). The van der Waals surface area contributed by atoms with Gasteiger partial charge in [0.25, 0.3) is 0 Å². The Hall–Kier alpha value is -1.02. The summed E-state index contributed by atoms with van der Waals surface area (Å²) in [6, 6.07) is 10.3. The number of rotatable bonds is 3. The molecule has 0 saturated carbocycles. The molecule has 1 fully saturated rings. The third-order valence-corrected chi connectivity index (χ3v) is 4.21. The molecule has 0 radical (unpaired) electrons. The molecule has 1 aliphatic heterocycles. The van der Waals surface area contributed by atoms with Gasteiger partial charge in [-0.05, 0) is 36.5 Å². The smallest absolute Gasteiger partial charge is 0.0438 e. The van der Waals surface area contributed by atoms with Gasteiger partial charge in [0.05, 0.1) is 0 Å². The van der Waals surface area contributed by atoms with Crippen LogP contribution in [-0.2, 0) is 0 Å². The number of hydrogen-bond acceptors (Lipinski definition) is 2. The van der Waals surface area contributed by atoms with Crippen LogP contribution in [-0.4, -0.2) is 25.2 Å². The van der Waals surface area contributed by atoms with Crippen LogP contribution in [0.15, 0.2) is 24.3 Å². The highest BCUT2D eigenvalue weighted by atomic mass is 15.2. The van der Waals surface area contributed by atoms with Gasteiger partial charge in [-0.3, -0.25) is 0 Å². The van der Waals surface area contributed by atoms with Crippen molar-refractivity contribution in [3.63, 3.8) is 0 Å². The molecule has 2 unspecified atom stereocenters. The first-order valence-electron chi connectivity index (χ1n) is 7.59. The highest BCUT2D eigenvalue weighted by Gasteiger charge is 2.28. The van der Waals surface area contributed by atoms with Crippen molar-refractivity contribution >= 4 is 5.69 Å². The number of piperazine rings is 1. The van der Waals surface area contributed by atoms with Crippen molar-refractivity contribution in [1.29, 1.82) is 0 Å². The van der Waals surface area contributed by atoms with E-state index in [1.54, 1.807) is 0 Å². The molecule has 1 aliphatic rings. The Morgan fingerprint density at radius 1 is 1.11 bits per heavy atom. The van der Waals surface area contributed by atoms with E-state index in [2.05, 4.69) is 69.1 Å². The molecule has 2 nitrogen and oxygen atoms in total. The van der Waals surface area contributed by atoms with E-state index < -0.39 is 0 Å². The standard InChI is InChI=1S/C17H28N2/c1-12(2)15-6-8-16(9-7-15)19-11-14(5)18-10-17(19)13(3)4/h6-9,12-14,17-18H,10-11H2,1-5H3. The second kappa shape index (κ2) is 5.96. The summed E-state index contributed by atoms with van der Waals surface area (Å²) in [5.41, 5.74) is 2.80. The Kier molecular flexibility index (Phi) is 4.51. The summed E-state index contributed by atoms with van der Waals surface area (Å²) >= 11 is 0. The van der Waals surface area contributed by atoms with Crippen LogP contribution in [0.3, 0.4) is 0 Å². The van der Waals surface area contributed by atoms with Gasteiger partial charge in [0.1, 0.15) is 0 Å². The van der Waals surface area contributed by atoms with Crippen molar-refractivity contribution in [2.24, 2.45) is 5.92 Å². The van der Waals surface area contributed by atoms with Crippen molar-refractivity contribution in [2.75, 3.05) is 18.0 Å². The average Bonchev–Trinajstić information content (AvgIpc) is 2.38. The van der Waals surface area contributed by atoms with Gasteiger partial charge >= 0.3 is 0 Å². The Balaban J connectivity index is 2.21. The minimum atomic E-state index is 0.569. The SMILES string of the molecule is CC1CN(c2ccc(C(C)C)cc2)C(C(C)C)CN1. The van der Waals surface area contributed by atoms with Gasteiger partial charge in [-0.25, -0.2) is 0 Å². The van der Waals surface area contributed by atoms with Crippen LogP contribution >= 0.6 is 0 Å². The normalized spacial score (nSPS) is 24.3. The Morgan fingerprint density at radius 2 is 1.74 bits per heavy atom. The fourth-order valence-electron chi connectivity index (χ4n) is 2.87. The molecule has 1 heterocycles. The van der Waals surface area contributed by atoms with Crippen LogP contribution in [0.2, 0.25) is 0 Å². The van der Waals surface area contributed by atoms with Crippen molar-refractivity contribution in [3.05, 3.63) is 29.8 Å². The van der Waals surface area contributed by atoms with E-state index in [0.29, 0.717) is 23.9 Å². The average molecular weight is 260 g/mol. The molecule has 1 aromatic carbocycles. The topological polar surface area (TPSA) is 15.3 Å². The number of nitrogens with zero attached hydrogens (tertiary/aromatic N) is 1. The van der Waals surface area contributed by atoms with Gasteiger partial charge in [-0.1, -0.05) is 39.8 Å². The Morgan fingerprint density at radius 3 is 2.26 bits per heavy atom. The number of benzene rings is 1. The lowest BCUT2D eigenvalue weighted by Crippen LogP contribution is -2.57. The first-order chi connectivity index (χ1) is 8.99. The highest BCUT2D eigenvalue weighted by molar-refractivity contribution is 5.50. The van der Waals surface area contributed by atoms with Crippen LogP contribution in [0.1, 0.15) is 46.1 Å². The zero-order chi connectivity index (χ0) is 14.0. The molecule has 0 spiro atoms. The summed E-state index contributed by atoms with van der Waals surface area (Å²) in [6.45, 7) is 13.6. The van der Waals surface area contributed by atoms with Crippen LogP contribution < -0.4 is 10.2 Å². The maximum atomic E-state index is 3.60. The second-order valence-corrected chi connectivity index (χ2v) is 6.52. The van der Waals surface area contributed by atoms with Crippen molar-refractivity contribution in [1.82, 2.24) is 5.32 Å². The number of nitrogens with one attached hydrogen (secondary N) is 1. The molecular weight excluding hydrogens is 232 g/mol. The van der Waals surface area contributed by atoms with Gasteiger partial charge in [0.2, 0.25) is 0 Å². The third-order valence-electron chi connectivity index (χ3n) is 4.21.